The summed E-state index contributed by atoms with van der Waals surface area (Å²) in [5.41, 5.74) is -0.101. The summed E-state index contributed by atoms with van der Waals surface area (Å²) in [4.78, 5) is 24.5. The third-order valence-corrected chi connectivity index (χ3v) is 5.13. The second-order valence-corrected chi connectivity index (χ2v) is 7.83. The number of carboxylic acids is 1. The highest BCUT2D eigenvalue weighted by molar-refractivity contribution is 5.80. The van der Waals surface area contributed by atoms with E-state index in [0.717, 1.165) is 0 Å². The lowest BCUT2D eigenvalue weighted by Crippen LogP contribution is -2.52. The van der Waals surface area contributed by atoms with Crippen LogP contribution in [0.3, 0.4) is 0 Å². The molecule has 0 unspecified atom stereocenters. The van der Waals surface area contributed by atoms with Crippen molar-refractivity contribution in [3.63, 3.8) is 0 Å². The van der Waals surface area contributed by atoms with Gasteiger partial charge in [0.1, 0.15) is 6.54 Å². The van der Waals surface area contributed by atoms with Gasteiger partial charge in [0.15, 0.2) is 0 Å². The Balaban J connectivity index is 2.63. The molecular formula is C15H28N2O3. The number of rotatable bonds is 4. The molecule has 116 valence electrons. The van der Waals surface area contributed by atoms with Gasteiger partial charge in [-0.1, -0.05) is 27.7 Å². The maximum atomic E-state index is 12.2. The van der Waals surface area contributed by atoms with Gasteiger partial charge in [-0.05, 0) is 37.5 Å². The number of aliphatic carboxylic acids is 1. The highest BCUT2D eigenvalue weighted by Gasteiger charge is 2.64. The van der Waals surface area contributed by atoms with Crippen LogP contribution in [-0.2, 0) is 4.79 Å². The zero-order valence-corrected chi connectivity index (χ0v) is 13.7. The summed E-state index contributed by atoms with van der Waals surface area (Å²) in [5.74, 6) is -0.576. The molecule has 2 N–H and O–H groups in total. The lowest BCUT2D eigenvalue weighted by Gasteiger charge is -2.34. The molecule has 2 amide bonds. The zero-order chi connectivity index (χ0) is 15.9. The topological polar surface area (TPSA) is 69.6 Å². The van der Waals surface area contributed by atoms with E-state index in [4.69, 9.17) is 5.11 Å². The second kappa shape index (κ2) is 4.93. The molecule has 5 nitrogen and oxygen atoms in total. The van der Waals surface area contributed by atoms with Crippen molar-refractivity contribution < 1.29 is 14.7 Å². The number of urea groups is 1. The lowest BCUT2D eigenvalue weighted by atomic mass is 10.0. The first-order valence-corrected chi connectivity index (χ1v) is 7.09. The first-order valence-electron chi connectivity index (χ1n) is 7.09. The van der Waals surface area contributed by atoms with Crippen molar-refractivity contribution in [2.45, 2.75) is 54.0 Å². The monoisotopic (exact) mass is 284 g/mol. The van der Waals surface area contributed by atoms with E-state index in [9.17, 15) is 9.59 Å². The van der Waals surface area contributed by atoms with Gasteiger partial charge in [-0.2, -0.15) is 0 Å². The summed E-state index contributed by atoms with van der Waals surface area (Å²) in [7, 11) is 0. The number of amides is 2. The Morgan fingerprint density at radius 3 is 1.90 bits per heavy atom. The van der Waals surface area contributed by atoms with Crippen LogP contribution in [-0.4, -0.2) is 40.6 Å². The molecule has 5 heteroatoms. The average molecular weight is 284 g/mol. The molecule has 0 bridgehead atoms. The predicted molar refractivity (Wildman–Crippen MR) is 78.5 cm³/mol. The van der Waals surface area contributed by atoms with E-state index >= 15 is 0 Å². The van der Waals surface area contributed by atoms with Crippen molar-refractivity contribution in [1.29, 1.82) is 0 Å². The fraction of sp³-hybridized carbons (Fsp3) is 0.867. The Bertz CT molecular complexity index is 394. The van der Waals surface area contributed by atoms with Gasteiger partial charge in [0.05, 0.1) is 0 Å². The third-order valence-electron chi connectivity index (χ3n) is 5.13. The second-order valence-electron chi connectivity index (χ2n) is 7.83. The van der Waals surface area contributed by atoms with Crippen molar-refractivity contribution >= 4 is 12.0 Å². The normalized spacial score (nSPS) is 20.4. The van der Waals surface area contributed by atoms with Crippen molar-refractivity contribution in [2.24, 2.45) is 16.7 Å². The zero-order valence-electron chi connectivity index (χ0n) is 13.7. The van der Waals surface area contributed by atoms with Crippen LogP contribution in [0.1, 0.15) is 48.5 Å². The molecule has 0 aliphatic heterocycles. The molecule has 1 rings (SSSR count). The molecule has 0 saturated heterocycles. The Hall–Kier alpha value is -1.26. The first kappa shape index (κ1) is 16.8. The fourth-order valence-corrected chi connectivity index (χ4v) is 2.88. The van der Waals surface area contributed by atoms with Crippen molar-refractivity contribution in [1.82, 2.24) is 10.2 Å². The van der Waals surface area contributed by atoms with E-state index in [1.807, 2.05) is 20.8 Å². The number of hydrogen-bond acceptors (Lipinski definition) is 2. The van der Waals surface area contributed by atoms with Crippen LogP contribution in [0.2, 0.25) is 0 Å². The molecule has 20 heavy (non-hydrogen) atoms. The molecule has 0 aromatic carbocycles. The molecule has 0 atom stereocenters. The van der Waals surface area contributed by atoms with E-state index < -0.39 is 11.5 Å². The number of nitrogens with zero attached hydrogens (tertiary/aromatic N) is 1. The summed E-state index contributed by atoms with van der Waals surface area (Å²) in [6, 6.07) is -0.307. The van der Waals surface area contributed by atoms with E-state index in [2.05, 4.69) is 33.0 Å². The highest BCUT2D eigenvalue weighted by Crippen LogP contribution is 2.67. The van der Waals surface area contributed by atoms with Crippen LogP contribution in [0.4, 0.5) is 4.79 Å². The van der Waals surface area contributed by atoms with Crippen LogP contribution in [0.5, 0.6) is 0 Å². The minimum atomic E-state index is -0.998. The Kier molecular flexibility index (Phi) is 4.14. The van der Waals surface area contributed by atoms with Gasteiger partial charge >= 0.3 is 12.0 Å². The van der Waals surface area contributed by atoms with Gasteiger partial charge in [0, 0.05) is 12.1 Å². The maximum Gasteiger partial charge on any atom is 0.323 e. The summed E-state index contributed by atoms with van der Waals surface area (Å²) < 4.78 is 0. The Morgan fingerprint density at radius 2 is 1.60 bits per heavy atom. The van der Waals surface area contributed by atoms with Crippen LogP contribution in [0.15, 0.2) is 0 Å². The third kappa shape index (κ3) is 3.07. The summed E-state index contributed by atoms with van der Waals surface area (Å²) in [6.07, 6.45) is 0. The minimum absolute atomic E-state index is 0.208. The number of carboxylic acid groups (broad SMARTS) is 1. The average Bonchev–Trinajstić information content (AvgIpc) is 2.61. The van der Waals surface area contributed by atoms with Crippen LogP contribution in [0.25, 0.3) is 0 Å². The Labute approximate surface area is 121 Å². The molecule has 1 aliphatic rings. The van der Waals surface area contributed by atoms with Crippen molar-refractivity contribution in [3.05, 3.63) is 0 Å². The van der Waals surface area contributed by atoms with E-state index in [1.54, 1.807) is 0 Å². The number of hydrogen-bond donors (Lipinski definition) is 2. The van der Waals surface area contributed by atoms with Crippen LogP contribution in [0, 0.1) is 16.7 Å². The van der Waals surface area contributed by atoms with Crippen molar-refractivity contribution in [2.75, 3.05) is 13.1 Å². The fourth-order valence-electron chi connectivity index (χ4n) is 2.88. The molecule has 0 spiro atoms. The van der Waals surface area contributed by atoms with Gasteiger partial charge in [0.2, 0.25) is 0 Å². The first-order chi connectivity index (χ1) is 8.81. The minimum Gasteiger partial charge on any atom is -0.480 e. The highest BCUT2D eigenvalue weighted by atomic mass is 16.4. The molecule has 0 heterocycles. The van der Waals surface area contributed by atoms with Crippen molar-refractivity contribution in [3.8, 4) is 0 Å². The summed E-state index contributed by atoms with van der Waals surface area (Å²) >= 11 is 0. The quantitative estimate of drug-likeness (QED) is 0.833. The number of carbonyl (C=O) groups is 2. The maximum absolute atomic E-state index is 12.2. The molecule has 1 fully saturated rings. The lowest BCUT2D eigenvalue weighted by molar-refractivity contribution is -0.138. The summed E-state index contributed by atoms with van der Waals surface area (Å²) in [5, 5.41) is 11.8. The van der Waals surface area contributed by atoms with Gasteiger partial charge < -0.3 is 15.3 Å². The SMILES string of the molecule is CC(C)(C)N(CC(=O)O)C(=O)NCC1C(C)(C)C1(C)C. The molecule has 0 aromatic heterocycles. The predicted octanol–water partition coefficient (Wildman–Crippen LogP) is 2.56. The van der Waals surface area contributed by atoms with E-state index in [1.165, 1.54) is 4.90 Å². The molecule has 1 aliphatic carbocycles. The smallest absolute Gasteiger partial charge is 0.323 e. The van der Waals surface area contributed by atoms with E-state index in [0.29, 0.717) is 12.5 Å². The number of carbonyl (C=O) groups excluding carboxylic acids is 1. The largest absolute Gasteiger partial charge is 0.480 e. The van der Waals surface area contributed by atoms with E-state index in [-0.39, 0.29) is 23.4 Å². The molecule has 1 saturated carbocycles. The van der Waals surface area contributed by atoms with Gasteiger partial charge in [-0.25, -0.2) is 4.79 Å². The van der Waals surface area contributed by atoms with Crippen LogP contribution >= 0.6 is 0 Å². The summed E-state index contributed by atoms with van der Waals surface area (Å²) in [6.45, 7) is 14.6. The van der Waals surface area contributed by atoms with Gasteiger partial charge in [0.25, 0.3) is 0 Å². The van der Waals surface area contributed by atoms with Gasteiger partial charge in [-0.15, -0.1) is 0 Å². The molecule has 0 radical (unpaired) electrons. The van der Waals surface area contributed by atoms with Crippen LogP contribution < -0.4 is 5.32 Å². The Morgan fingerprint density at radius 1 is 1.15 bits per heavy atom. The standard InChI is InChI=1S/C15H28N2O3/c1-13(2,3)17(9-11(18)19)12(20)16-8-10-14(4,5)15(10,6)7/h10H,8-9H2,1-7H3,(H,16,20)(H,18,19). The molecule has 0 aromatic rings. The molecular weight excluding hydrogens is 256 g/mol. The van der Waals surface area contributed by atoms with Gasteiger partial charge in [-0.3, -0.25) is 4.79 Å². The number of nitrogens with one attached hydrogen (secondary N) is 1.